The molecule has 32 heavy (non-hydrogen) atoms. The van der Waals surface area contributed by atoms with E-state index in [-0.39, 0.29) is 23.4 Å². The Kier molecular flexibility index (Phi) is 7.33. The topological polar surface area (TPSA) is 64.4 Å². The molecule has 2 aromatic carbocycles. The van der Waals surface area contributed by atoms with Gasteiger partial charge in [-0.1, -0.05) is 39.0 Å². The van der Waals surface area contributed by atoms with Crippen LogP contribution < -0.4 is 10.3 Å². The van der Waals surface area contributed by atoms with Crippen molar-refractivity contribution in [3.8, 4) is 11.4 Å². The average molecular weight is 436 g/mol. The molecule has 3 rings (SSSR count). The van der Waals surface area contributed by atoms with E-state index in [4.69, 9.17) is 9.72 Å². The van der Waals surface area contributed by atoms with Crippen LogP contribution in [0.5, 0.6) is 5.75 Å². The fourth-order valence-corrected chi connectivity index (χ4v) is 4.00. The lowest BCUT2D eigenvalue weighted by atomic mass is 10.1. The molecular weight excluding hydrogens is 402 g/mol. The molecule has 0 aliphatic carbocycles. The van der Waals surface area contributed by atoms with Crippen LogP contribution in [-0.4, -0.2) is 34.0 Å². The number of benzene rings is 2. The zero-order valence-electron chi connectivity index (χ0n) is 19.9. The summed E-state index contributed by atoms with van der Waals surface area (Å²) in [6.07, 6.45) is 1.23. The molecule has 0 fully saturated rings. The molecule has 1 atom stereocenters. The number of aromatic nitrogens is 2. The van der Waals surface area contributed by atoms with Crippen LogP contribution in [0.4, 0.5) is 0 Å². The van der Waals surface area contributed by atoms with Crippen LogP contribution in [-0.2, 0) is 4.79 Å². The van der Waals surface area contributed by atoms with Gasteiger partial charge in [-0.3, -0.25) is 14.2 Å². The Hall–Kier alpha value is -3.15. The molecule has 0 aliphatic rings. The molecule has 170 valence electrons. The second kappa shape index (κ2) is 9.98. The molecular formula is C26H33N3O3. The molecule has 0 bridgehead atoms. The van der Waals surface area contributed by atoms with Gasteiger partial charge >= 0.3 is 0 Å². The van der Waals surface area contributed by atoms with E-state index in [1.54, 1.807) is 17.7 Å². The first-order valence-electron chi connectivity index (χ1n) is 11.2. The summed E-state index contributed by atoms with van der Waals surface area (Å²) in [6.45, 7) is 10.7. The molecule has 1 amide bonds. The van der Waals surface area contributed by atoms with Crippen molar-refractivity contribution in [2.24, 2.45) is 5.92 Å². The molecule has 1 heterocycles. The lowest BCUT2D eigenvalue weighted by molar-refractivity contribution is -0.134. The van der Waals surface area contributed by atoms with E-state index in [0.29, 0.717) is 41.1 Å². The summed E-state index contributed by atoms with van der Waals surface area (Å²) in [4.78, 5) is 33.5. The first kappa shape index (κ1) is 23.5. The predicted molar refractivity (Wildman–Crippen MR) is 129 cm³/mol. The zero-order valence-corrected chi connectivity index (χ0v) is 19.9. The predicted octanol–water partition coefficient (Wildman–Crippen LogP) is 5.05. The third-order valence-electron chi connectivity index (χ3n) is 5.56. The Bertz CT molecular complexity index is 1170. The van der Waals surface area contributed by atoms with Crippen LogP contribution in [0.1, 0.15) is 58.0 Å². The van der Waals surface area contributed by atoms with Crippen molar-refractivity contribution >= 4 is 16.8 Å². The SMILES string of the molecule is CCCC(=O)N(CC(C)C)C(C)c1nc2ccccc2c(=O)n1-c1cc(C)ccc1OC. The molecule has 0 N–H and O–H groups in total. The van der Waals surface area contributed by atoms with E-state index >= 15 is 0 Å². The van der Waals surface area contributed by atoms with Crippen LogP contribution in [0, 0.1) is 12.8 Å². The molecule has 0 radical (unpaired) electrons. The summed E-state index contributed by atoms with van der Waals surface area (Å²) < 4.78 is 7.22. The number of carbonyl (C=O) groups is 1. The van der Waals surface area contributed by atoms with Crippen molar-refractivity contribution in [3.05, 3.63) is 64.2 Å². The third-order valence-corrected chi connectivity index (χ3v) is 5.56. The quantitative estimate of drug-likeness (QED) is 0.497. The van der Waals surface area contributed by atoms with E-state index in [9.17, 15) is 9.59 Å². The minimum atomic E-state index is -0.390. The van der Waals surface area contributed by atoms with Crippen molar-refractivity contribution in [3.63, 3.8) is 0 Å². The Balaban J connectivity index is 2.32. The van der Waals surface area contributed by atoms with Crippen molar-refractivity contribution in [2.75, 3.05) is 13.7 Å². The van der Waals surface area contributed by atoms with Gasteiger partial charge in [0.05, 0.1) is 29.7 Å². The smallest absolute Gasteiger partial charge is 0.266 e. The van der Waals surface area contributed by atoms with Crippen LogP contribution in [0.2, 0.25) is 0 Å². The highest BCUT2D eigenvalue weighted by molar-refractivity contribution is 5.79. The Morgan fingerprint density at radius 1 is 1.16 bits per heavy atom. The van der Waals surface area contributed by atoms with Gasteiger partial charge in [-0.05, 0) is 56.0 Å². The molecule has 0 saturated carbocycles. The second-order valence-corrected chi connectivity index (χ2v) is 8.67. The third kappa shape index (κ3) is 4.69. The van der Waals surface area contributed by atoms with Crippen LogP contribution in [0.25, 0.3) is 16.6 Å². The number of para-hydroxylation sites is 1. The van der Waals surface area contributed by atoms with Crippen LogP contribution in [0.15, 0.2) is 47.3 Å². The van der Waals surface area contributed by atoms with E-state index < -0.39 is 0 Å². The molecule has 1 unspecified atom stereocenters. The van der Waals surface area contributed by atoms with E-state index in [2.05, 4.69) is 13.8 Å². The number of ether oxygens (including phenoxy) is 1. The summed E-state index contributed by atoms with van der Waals surface area (Å²) in [6, 6.07) is 12.7. The van der Waals surface area contributed by atoms with Gasteiger partial charge in [-0.15, -0.1) is 0 Å². The summed E-state index contributed by atoms with van der Waals surface area (Å²) in [7, 11) is 1.59. The largest absolute Gasteiger partial charge is 0.495 e. The Labute approximate surface area is 189 Å². The maximum atomic E-state index is 13.7. The summed E-state index contributed by atoms with van der Waals surface area (Å²) >= 11 is 0. The van der Waals surface area contributed by atoms with Crippen molar-refractivity contribution in [1.29, 1.82) is 0 Å². The Morgan fingerprint density at radius 2 is 1.88 bits per heavy atom. The fraction of sp³-hybridized carbons (Fsp3) is 0.423. The van der Waals surface area contributed by atoms with Crippen molar-refractivity contribution in [1.82, 2.24) is 14.5 Å². The van der Waals surface area contributed by atoms with Gasteiger partial charge in [0.1, 0.15) is 11.6 Å². The first-order valence-corrected chi connectivity index (χ1v) is 11.2. The zero-order chi connectivity index (χ0) is 23.4. The summed E-state index contributed by atoms with van der Waals surface area (Å²) in [5, 5.41) is 0.530. The van der Waals surface area contributed by atoms with Gasteiger partial charge in [0.15, 0.2) is 0 Å². The number of carbonyl (C=O) groups excluding carboxylic acids is 1. The van der Waals surface area contributed by atoms with Gasteiger partial charge in [0.2, 0.25) is 5.91 Å². The van der Waals surface area contributed by atoms with E-state index in [1.165, 1.54) is 0 Å². The first-order chi connectivity index (χ1) is 15.3. The monoisotopic (exact) mass is 435 g/mol. The van der Waals surface area contributed by atoms with Crippen LogP contribution >= 0.6 is 0 Å². The maximum absolute atomic E-state index is 13.7. The molecule has 6 nitrogen and oxygen atoms in total. The summed E-state index contributed by atoms with van der Waals surface area (Å²) in [5.41, 5.74) is 2.08. The fourth-order valence-electron chi connectivity index (χ4n) is 4.00. The molecule has 0 saturated heterocycles. The number of methoxy groups -OCH3 is 1. The minimum Gasteiger partial charge on any atom is -0.495 e. The van der Waals surface area contributed by atoms with Gasteiger partial charge in [0, 0.05) is 13.0 Å². The molecule has 3 aromatic rings. The van der Waals surface area contributed by atoms with E-state index in [1.807, 2.05) is 62.1 Å². The molecule has 6 heteroatoms. The standard InChI is InChI=1S/C26H33N3O3/c1-7-10-24(30)28(16-17(2)3)19(5)25-27-21-12-9-8-11-20(21)26(31)29(25)22-15-18(4)13-14-23(22)32-6/h8-9,11-15,17,19H,7,10,16H2,1-6H3. The van der Waals surface area contributed by atoms with Gasteiger partial charge in [0.25, 0.3) is 5.56 Å². The van der Waals surface area contributed by atoms with Crippen molar-refractivity contribution in [2.45, 2.75) is 53.5 Å². The highest BCUT2D eigenvalue weighted by Crippen LogP contribution is 2.29. The number of amides is 1. The molecule has 1 aromatic heterocycles. The summed E-state index contributed by atoms with van der Waals surface area (Å²) in [5.74, 6) is 1.47. The van der Waals surface area contributed by atoms with Gasteiger partial charge in [-0.2, -0.15) is 0 Å². The van der Waals surface area contributed by atoms with Gasteiger partial charge < -0.3 is 9.64 Å². The average Bonchev–Trinajstić information content (AvgIpc) is 2.77. The minimum absolute atomic E-state index is 0.0684. The van der Waals surface area contributed by atoms with E-state index in [0.717, 1.165) is 12.0 Å². The number of hydrogen-bond acceptors (Lipinski definition) is 4. The number of aryl methyl sites for hydroxylation is 1. The normalized spacial score (nSPS) is 12.2. The highest BCUT2D eigenvalue weighted by Gasteiger charge is 2.27. The Morgan fingerprint density at radius 3 is 2.53 bits per heavy atom. The highest BCUT2D eigenvalue weighted by atomic mass is 16.5. The lowest BCUT2D eigenvalue weighted by Crippen LogP contribution is -2.39. The maximum Gasteiger partial charge on any atom is 0.266 e. The number of nitrogens with zero attached hydrogens (tertiary/aromatic N) is 3. The number of hydrogen-bond donors (Lipinski definition) is 0. The second-order valence-electron chi connectivity index (χ2n) is 8.67. The molecule has 0 aliphatic heterocycles. The van der Waals surface area contributed by atoms with Crippen molar-refractivity contribution < 1.29 is 9.53 Å². The number of fused-ring (bicyclic) bond motifs is 1. The number of rotatable bonds is 8. The van der Waals surface area contributed by atoms with Crippen LogP contribution in [0.3, 0.4) is 0 Å². The lowest BCUT2D eigenvalue weighted by Gasteiger charge is -2.32. The van der Waals surface area contributed by atoms with Gasteiger partial charge in [-0.25, -0.2) is 4.98 Å². The molecule has 0 spiro atoms.